The van der Waals surface area contributed by atoms with Crippen molar-refractivity contribution in [1.29, 1.82) is 0 Å². The van der Waals surface area contributed by atoms with Crippen LogP contribution in [0.25, 0.3) is 0 Å². The number of aromatic nitrogens is 2. The summed E-state index contributed by atoms with van der Waals surface area (Å²) in [6.45, 7) is 0. The second-order valence-corrected chi connectivity index (χ2v) is 9.00. The Balaban J connectivity index is 1.70. The molecule has 3 rings (SSSR count). The third kappa shape index (κ3) is 4.50. The fourth-order valence-electron chi connectivity index (χ4n) is 2.01. The molecule has 1 amide bonds. The van der Waals surface area contributed by atoms with E-state index < -0.39 is 9.84 Å². The van der Waals surface area contributed by atoms with E-state index in [0.717, 1.165) is 15.8 Å². The average Bonchev–Trinajstić information content (AvgIpc) is 3.02. The van der Waals surface area contributed by atoms with Gasteiger partial charge in [-0.3, -0.25) is 10.1 Å². The van der Waals surface area contributed by atoms with Crippen LogP contribution in [0.5, 0.6) is 0 Å². The van der Waals surface area contributed by atoms with Crippen LogP contribution in [-0.4, -0.2) is 24.5 Å². The zero-order valence-electron chi connectivity index (χ0n) is 12.7. The van der Waals surface area contributed by atoms with E-state index in [4.69, 9.17) is 0 Å². The first-order valence-electron chi connectivity index (χ1n) is 7.11. The normalized spacial score (nSPS) is 11.2. The van der Waals surface area contributed by atoms with Crippen LogP contribution in [0, 0.1) is 0 Å². The number of nitrogens with one attached hydrogen (secondary N) is 1. The number of sulfone groups is 1. The first-order chi connectivity index (χ1) is 11.9. The van der Waals surface area contributed by atoms with Crippen LogP contribution >= 0.6 is 27.3 Å². The number of anilines is 1. The van der Waals surface area contributed by atoms with E-state index in [1.807, 2.05) is 0 Å². The standard InChI is InChI=1S/C16H12BrN3O3S2/c17-12-8-6-11(7-9-12)15(21)18-16-20-19-14(24-16)10-25(22,23)13-4-2-1-3-5-13/h1-9H,10H2,(H,18,20,21). The third-order valence-electron chi connectivity index (χ3n) is 3.21. The first-order valence-corrected chi connectivity index (χ1v) is 10.4. The number of benzene rings is 2. The molecule has 0 fully saturated rings. The Bertz CT molecular complexity index is 987. The summed E-state index contributed by atoms with van der Waals surface area (Å²) >= 11 is 4.34. The smallest absolute Gasteiger partial charge is 0.257 e. The Morgan fingerprint density at radius 3 is 2.40 bits per heavy atom. The highest BCUT2D eigenvalue weighted by molar-refractivity contribution is 9.10. The van der Waals surface area contributed by atoms with Crippen molar-refractivity contribution in [3.63, 3.8) is 0 Å². The zero-order valence-corrected chi connectivity index (χ0v) is 15.9. The monoisotopic (exact) mass is 437 g/mol. The second kappa shape index (κ2) is 7.42. The quantitative estimate of drug-likeness (QED) is 0.659. The molecular weight excluding hydrogens is 426 g/mol. The van der Waals surface area contributed by atoms with Gasteiger partial charge in [0, 0.05) is 10.0 Å². The predicted molar refractivity (Wildman–Crippen MR) is 99.3 cm³/mol. The number of carbonyl (C=O) groups excluding carboxylic acids is 1. The number of amides is 1. The maximum atomic E-state index is 12.3. The van der Waals surface area contributed by atoms with E-state index in [1.54, 1.807) is 42.5 Å². The summed E-state index contributed by atoms with van der Waals surface area (Å²) in [5.41, 5.74) is 0.469. The van der Waals surface area contributed by atoms with E-state index in [9.17, 15) is 13.2 Å². The van der Waals surface area contributed by atoms with Gasteiger partial charge in [0.25, 0.3) is 5.91 Å². The van der Waals surface area contributed by atoms with E-state index in [1.165, 1.54) is 12.1 Å². The van der Waals surface area contributed by atoms with Gasteiger partial charge in [-0.05, 0) is 36.4 Å². The maximum Gasteiger partial charge on any atom is 0.257 e. The molecule has 1 aromatic heterocycles. The Kier molecular flexibility index (Phi) is 5.26. The molecule has 0 atom stereocenters. The molecular formula is C16H12BrN3O3S2. The Labute approximate surface area is 157 Å². The highest BCUT2D eigenvalue weighted by atomic mass is 79.9. The second-order valence-electron chi connectivity index (χ2n) is 5.03. The summed E-state index contributed by atoms with van der Waals surface area (Å²) in [7, 11) is -3.50. The maximum absolute atomic E-state index is 12.3. The Hall–Kier alpha value is -2.10. The van der Waals surface area contributed by atoms with Gasteiger partial charge in [0.15, 0.2) is 9.84 Å². The van der Waals surface area contributed by atoms with Gasteiger partial charge in [-0.25, -0.2) is 8.42 Å². The van der Waals surface area contributed by atoms with Crippen molar-refractivity contribution >= 4 is 48.1 Å². The van der Waals surface area contributed by atoms with Crippen LogP contribution in [0.4, 0.5) is 5.13 Å². The molecule has 1 N–H and O–H groups in total. The highest BCUT2D eigenvalue weighted by Crippen LogP contribution is 2.22. The number of nitrogens with zero attached hydrogens (tertiary/aromatic N) is 2. The summed E-state index contributed by atoms with van der Waals surface area (Å²) in [5.74, 6) is -0.593. The zero-order chi connectivity index (χ0) is 17.9. The van der Waals surface area contributed by atoms with Crippen LogP contribution in [0.1, 0.15) is 15.4 Å². The Morgan fingerprint density at radius 2 is 1.72 bits per heavy atom. The van der Waals surface area contributed by atoms with Crippen molar-refractivity contribution in [1.82, 2.24) is 10.2 Å². The van der Waals surface area contributed by atoms with Gasteiger partial charge in [-0.15, -0.1) is 10.2 Å². The molecule has 25 heavy (non-hydrogen) atoms. The lowest BCUT2D eigenvalue weighted by molar-refractivity contribution is 0.102. The average molecular weight is 438 g/mol. The molecule has 3 aromatic rings. The molecule has 2 aromatic carbocycles. The fraction of sp³-hybridized carbons (Fsp3) is 0.0625. The third-order valence-corrected chi connectivity index (χ3v) is 6.40. The van der Waals surface area contributed by atoms with Gasteiger partial charge in [0.2, 0.25) is 5.13 Å². The van der Waals surface area contributed by atoms with E-state index >= 15 is 0 Å². The summed E-state index contributed by atoms with van der Waals surface area (Å²) in [6, 6.07) is 15.0. The van der Waals surface area contributed by atoms with Gasteiger partial charge < -0.3 is 0 Å². The molecule has 0 aliphatic carbocycles. The topological polar surface area (TPSA) is 89.0 Å². The van der Waals surface area contributed by atoms with Crippen molar-refractivity contribution in [2.45, 2.75) is 10.6 Å². The molecule has 0 aliphatic heterocycles. The summed E-state index contributed by atoms with van der Waals surface area (Å²) in [4.78, 5) is 12.4. The van der Waals surface area contributed by atoms with Crippen molar-refractivity contribution < 1.29 is 13.2 Å². The van der Waals surface area contributed by atoms with Crippen molar-refractivity contribution in [2.75, 3.05) is 5.32 Å². The van der Waals surface area contributed by atoms with Crippen molar-refractivity contribution in [3.8, 4) is 0 Å². The van der Waals surface area contributed by atoms with Crippen LogP contribution in [0.3, 0.4) is 0 Å². The number of rotatable bonds is 5. The lowest BCUT2D eigenvalue weighted by atomic mass is 10.2. The lowest BCUT2D eigenvalue weighted by Gasteiger charge is -2.01. The van der Waals surface area contributed by atoms with Crippen molar-refractivity contribution in [2.24, 2.45) is 0 Å². The van der Waals surface area contributed by atoms with E-state index in [-0.39, 0.29) is 21.7 Å². The highest BCUT2D eigenvalue weighted by Gasteiger charge is 2.18. The lowest BCUT2D eigenvalue weighted by Crippen LogP contribution is -2.11. The molecule has 9 heteroatoms. The first kappa shape index (κ1) is 17.7. The molecule has 0 unspecified atom stereocenters. The Morgan fingerprint density at radius 1 is 1.04 bits per heavy atom. The largest absolute Gasteiger partial charge is 0.296 e. The van der Waals surface area contributed by atoms with Gasteiger partial charge in [-0.1, -0.05) is 45.5 Å². The summed E-state index contributed by atoms with van der Waals surface area (Å²) in [5, 5.41) is 10.9. The van der Waals surface area contributed by atoms with E-state index in [0.29, 0.717) is 10.6 Å². The van der Waals surface area contributed by atoms with Crippen LogP contribution in [-0.2, 0) is 15.6 Å². The fourth-order valence-corrected chi connectivity index (χ4v) is 4.62. The molecule has 0 saturated heterocycles. The predicted octanol–water partition coefficient (Wildman–Crippen LogP) is 3.53. The number of carbonyl (C=O) groups is 1. The molecule has 6 nitrogen and oxygen atoms in total. The van der Waals surface area contributed by atoms with Gasteiger partial charge in [0.1, 0.15) is 10.8 Å². The number of hydrogen-bond acceptors (Lipinski definition) is 6. The summed E-state index contributed by atoms with van der Waals surface area (Å²) in [6.07, 6.45) is 0. The van der Waals surface area contributed by atoms with Gasteiger partial charge in [0.05, 0.1) is 4.90 Å². The van der Waals surface area contributed by atoms with Crippen molar-refractivity contribution in [3.05, 3.63) is 69.6 Å². The molecule has 1 heterocycles. The van der Waals surface area contributed by atoms with Gasteiger partial charge >= 0.3 is 0 Å². The van der Waals surface area contributed by atoms with Crippen LogP contribution in [0.15, 0.2) is 64.0 Å². The molecule has 0 saturated carbocycles. The SMILES string of the molecule is O=C(Nc1nnc(CS(=O)(=O)c2ccccc2)s1)c1ccc(Br)cc1. The van der Waals surface area contributed by atoms with Crippen LogP contribution < -0.4 is 5.32 Å². The van der Waals surface area contributed by atoms with E-state index in [2.05, 4.69) is 31.4 Å². The van der Waals surface area contributed by atoms with Gasteiger partial charge in [-0.2, -0.15) is 0 Å². The molecule has 0 bridgehead atoms. The minimum absolute atomic E-state index is 0.227. The molecule has 0 spiro atoms. The molecule has 0 aliphatic rings. The minimum atomic E-state index is -3.50. The number of halogens is 1. The summed E-state index contributed by atoms with van der Waals surface area (Å²) < 4.78 is 25.5. The molecule has 0 radical (unpaired) electrons. The minimum Gasteiger partial charge on any atom is -0.296 e. The molecule has 128 valence electrons. The number of hydrogen-bond donors (Lipinski definition) is 1. The van der Waals surface area contributed by atoms with Crippen LogP contribution in [0.2, 0.25) is 0 Å².